The molecule has 0 amide bonds. The van der Waals surface area contributed by atoms with Crippen LogP contribution in [-0.4, -0.2) is 14.5 Å². The molecule has 4 nitrogen and oxygen atoms in total. The van der Waals surface area contributed by atoms with Crippen LogP contribution in [0.2, 0.25) is 0 Å². The highest BCUT2D eigenvalue weighted by Crippen LogP contribution is 2.44. The van der Waals surface area contributed by atoms with E-state index in [0.29, 0.717) is 11.4 Å². The van der Waals surface area contributed by atoms with Gasteiger partial charge < -0.3 is 8.98 Å². The van der Waals surface area contributed by atoms with Crippen LogP contribution in [0.15, 0.2) is 144 Å². The van der Waals surface area contributed by atoms with Crippen molar-refractivity contribution in [1.29, 1.82) is 0 Å². The lowest BCUT2D eigenvalue weighted by Crippen LogP contribution is -2.01. The molecule has 0 aliphatic heterocycles. The maximum absolute atomic E-state index is 6.40. The second-order valence-electron chi connectivity index (χ2n) is 11.3. The highest BCUT2D eigenvalue weighted by Gasteiger charge is 2.23. The van der Waals surface area contributed by atoms with Crippen LogP contribution in [0.3, 0.4) is 0 Å². The van der Waals surface area contributed by atoms with Gasteiger partial charge in [0.2, 0.25) is 0 Å². The summed E-state index contributed by atoms with van der Waals surface area (Å²) in [6, 6.07) is 48.8. The van der Waals surface area contributed by atoms with E-state index in [1.165, 1.54) is 36.5 Å². The van der Waals surface area contributed by atoms with Gasteiger partial charge in [-0.15, -0.1) is 11.3 Å². The van der Waals surface area contributed by atoms with Crippen LogP contribution in [0, 0.1) is 0 Å². The topological polar surface area (TPSA) is 43.9 Å². The molecule has 0 saturated carbocycles. The molecule has 0 bridgehead atoms. The summed E-state index contributed by atoms with van der Waals surface area (Å²) in [7, 11) is 0. The van der Waals surface area contributed by atoms with Crippen LogP contribution < -0.4 is 0 Å². The van der Waals surface area contributed by atoms with E-state index in [0.717, 1.165) is 44.5 Å². The second kappa shape index (κ2) is 9.36. The minimum absolute atomic E-state index is 0.664. The molecule has 0 atom stereocenters. The van der Waals surface area contributed by atoms with Crippen LogP contribution in [0.25, 0.3) is 92.4 Å². The largest absolute Gasteiger partial charge is 0.452 e. The molecular weight excluding hydrogens is 571 g/mol. The molecule has 10 aromatic rings. The average molecular weight is 594 g/mol. The molecule has 6 aromatic carbocycles. The first-order valence-electron chi connectivity index (χ1n) is 15.0. The Morgan fingerprint density at radius 1 is 0.556 bits per heavy atom. The van der Waals surface area contributed by atoms with Gasteiger partial charge in [-0.25, -0.2) is 9.97 Å². The smallest absolute Gasteiger partial charge is 0.180 e. The fourth-order valence-corrected chi connectivity index (χ4v) is 7.98. The van der Waals surface area contributed by atoms with Gasteiger partial charge in [0, 0.05) is 47.5 Å². The summed E-state index contributed by atoms with van der Waals surface area (Å²) in [5, 5.41) is 5.99. The first kappa shape index (κ1) is 24.6. The monoisotopic (exact) mass is 593 g/mol. The van der Waals surface area contributed by atoms with E-state index in [1.54, 1.807) is 0 Å². The van der Waals surface area contributed by atoms with Gasteiger partial charge in [-0.05, 0) is 42.5 Å². The molecule has 5 heteroatoms. The lowest BCUT2D eigenvalue weighted by Gasteiger charge is -2.14. The summed E-state index contributed by atoms with van der Waals surface area (Å²) in [6.07, 6.45) is 0. The Morgan fingerprint density at radius 3 is 2.20 bits per heavy atom. The van der Waals surface area contributed by atoms with Crippen LogP contribution >= 0.6 is 11.3 Å². The van der Waals surface area contributed by atoms with Gasteiger partial charge in [0.05, 0.1) is 16.7 Å². The van der Waals surface area contributed by atoms with E-state index in [9.17, 15) is 0 Å². The fraction of sp³-hybridized carbons (Fsp3) is 0. The van der Waals surface area contributed by atoms with Crippen LogP contribution in [-0.2, 0) is 0 Å². The van der Waals surface area contributed by atoms with E-state index >= 15 is 0 Å². The molecule has 0 saturated heterocycles. The van der Waals surface area contributed by atoms with Gasteiger partial charge in [-0.3, -0.25) is 0 Å². The Kier molecular flexibility index (Phi) is 5.12. The molecular formula is C40H23N3OS. The van der Waals surface area contributed by atoms with Crippen molar-refractivity contribution >= 4 is 75.4 Å². The number of aromatic nitrogens is 3. The van der Waals surface area contributed by atoms with Gasteiger partial charge in [0.1, 0.15) is 16.8 Å². The highest BCUT2D eigenvalue weighted by atomic mass is 32.1. The number of hydrogen-bond donors (Lipinski definition) is 0. The number of thiophene rings is 1. The van der Waals surface area contributed by atoms with Crippen molar-refractivity contribution in [2.75, 3.05) is 0 Å². The van der Waals surface area contributed by atoms with Crippen molar-refractivity contribution < 1.29 is 4.42 Å². The highest BCUT2D eigenvalue weighted by molar-refractivity contribution is 7.26. The Labute approximate surface area is 261 Å². The zero-order valence-corrected chi connectivity index (χ0v) is 24.8. The third-order valence-electron chi connectivity index (χ3n) is 8.83. The van der Waals surface area contributed by atoms with Crippen LogP contribution in [0.1, 0.15) is 0 Å². The number of benzene rings is 6. The molecule has 0 N–H and O–H groups in total. The Balaban J connectivity index is 1.35. The van der Waals surface area contributed by atoms with E-state index in [2.05, 4.69) is 108 Å². The molecule has 0 fully saturated rings. The molecule has 0 radical (unpaired) electrons. The lowest BCUT2D eigenvalue weighted by atomic mass is 10.1. The van der Waals surface area contributed by atoms with Crippen molar-refractivity contribution in [3.63, 3.8) is 0 Å². The zero-order valence-electron chi connectivity index (χ0n) is 23.9. The molecule has 210 valence electrons. The maximum atomic E-state index is 6.40. The third-order valence-corrected chi connectivity index (χ3v) is 9.96. The van der Waals surface area contributed by atoms with Gasteiger partial charge >= 0.3 is 0 Å². The Hall–Kier alpha value is -5.78. The summed E-state index contributed by atoms with van der Waals surface area (Å²) in [5.41, 5.74) is 8.46. The van der Waals surface area contributed by atoms with Crippen molar-refractivity contribution in [1.82, 2.24) is 14.5 Å². The Morgan fingerprint density at radius 2 is 1.29 bits per heavy atom. The molecule has 0 unspecified atom stereocenters. The standard InChI is InChI=1S/C40H23N3OS/c1-2-12-24(13-3-1)36-39-37(28-16-6-10-20-32(28)44-39)42-40(41-36)27-15-5-9-19-31(27)43-30-18-8-4-14-25(30)26-22-23-34-35(38(26)43)29-17-7-11-21-33(29)45-34/h1-23H. The molecule has 10 rings (SSSR count). The van der Waals surface area contributed by atoms with Crippen LogP contribution in [0.4, 0.5) is 0 Å². The lowest BCUT2D eigenvalue weighted by molar-refractivity contribution is 0.667. The number of furan rings is 1. The van der Waals surface area contributed by atoms with Crippen LogP contribution in [0.5, 0.6) is 0 Å². The van der Waals surface area contributed by atoms with Gasteiger partial charge in [-0.1, -0.05) is 97.1 Å². The number of nitrogens with zero attached hydrogens (tertiary/aromatic N) is 3. The Bertz CT molecular complexity index is 2770. The SMILES string of the molecule is c1ccc(-c2nc(-c3ccccc3-n3c4ccccc4c4ccc5sc6ccccc6c5c43)nc3c2oc2ccccc23)cc1. The van der Waals surface area contributed by atoms with E-state index in [1.807, 2.05) is 47.7 Å². The maximum Gasteiger partial charge on any atom is 0.180 e. The average Bonchev–Trinajstić information content (AvgIpc) is 3.77. The summed E-state index contributed by atoms with van der Waals surface area (Å²) >= 11 is 1.85. The van der Waals surface area contributed by atoms with Crippen molar-refractivity contribution in [3.05, 3.63) is 140 Å². The predicted octanol–water partition coefficient (Wildman–Crippen LogP) is 11.2. The predicted molar refractivity (Wildman–Crippen MR) is 187 cm³/mol. The van der Waals surface area contributed by atoms with E-state index < -0.39 is 0 Å². The number of para-hydroxylation sites is 3. The molecule has 0 aliphatic rings. The summed E-state index contributed by atoms with van der Waals surface area (Å²) < 4.78 is 11.4. The van der Waals surface area contributed by atoms with Gasteiger partial charge in [-0.2, -0.15) is 0 Å². The van der Waals surface area contributed by atoms with Crippen molar-refractivity contribution in [2.24, 2.45) is 0 Å². The zero-order chi connectivity index (χ0) is 29.5. The summed E-state index contributed by atoms with van der Waals surface area (Å²) in [4.78, 5) is 10.5. The minimum atomic E-state index is 0.664. The molecule has 0 aliphatic carbocycles. The third kappa shape index (κ3) is 3.53. The molecule has 4 aromatic heterocycles. The van der Waals surface area contributed by atoms with Crippen molar-refractivity contribution in [2.45, 2.75) is 0 Å². The first-order valence-corrected chi connectivity index (χ1v) is 15.8. The van der Waals surface area contributed by atoms with Gasteiger partial charge in [0.15, 0.2) is 11.4 Å². The second-order valence-corrected chi connectivity index (χ2v) is 12.4. The van der Waals surface area contributed by atoms with E-state index in [-0.39, 0.29) is 0 Å². The number of rotatable bonds is 3. The molecule has 0 spiro atoms. The van der Waals surface area contributed by atoms with Gasteiger partial charge in [0.25, 0.3) is 0 Å². The van der Waals surface area contributed by atoms with Crippen molar-refractivity contribution in [3.8, 4) is 28.3 Å². The summed E-state index contributed by atoms with van der Waals surface area (Å²) in [5.74, 6) is 0.664. The molecule has 4 heterocycles. The number of hydrogen-bond acceptors (Lipinski definition) is 4. The quantitative estimate of drug-likeness (QED) is 0.205. The van der Waals surface area contributed by atoms with E-state index in [4.69, 9.17) is 14.4 Å². The minimum Gasteiger partial charge on any atom is -0.452 e. The normalized spacial score (nSPS) is 12.0. The fourth-order valence-electron chi connectivity index (χ4n) is 6.88. The number of fused-ring (bicyclic) bond motifs is 10. The first-order chi connectivity index (χ1) is 22.3. The summed E-state index contributed by atoms with van der Waals surface area (Å²) in [6.45, 7) is 0. The molecule has 45 heavy (non-hydrogen) atoms.